The van der Waals surface area contributed by atoms with Crippen LogP contribution in [0.2, 0.25) is 5.02 Å². The average molecular weight is 477 g/mol. The van der Waals surface area contributed by atoms with Crippen molar-refractivity contribution in [1.82, 2.24) is 9.88 Å². The summed E-state index contributed by atoms with van der Waals surface area (Å²) in [5.74, 6) is -0.0757. The van der Waals surface area contributed by atoms with Gasteiger partial charge in [0.05, 0.1) is 17.3 Å². The Morgan fingerprint density at radius 1 is 0.912 bits per heavy atom. The minimum atomic E-state index is -0.193. The Kier molecular flexibility index (Phi) is 7.67. The second-order valence-corrected chi connectivity index (χ2v) is 8.63. The van der Waals surface area contributed by atoms with Gasteiger partial charge in [-0.25, -0.2) is 4.98 Å². The normalized spacial score (nSPS) is 14.4. The first kappa shape index (κ1) is 23.6. The van der Waals surface area contributed by atoms with E-state index in [-0.39, 0.29) is 30.1 Å². The standard InChI is InChI=1S/C26H25ClN4O3/c27-20-10-11-23(28-16-20)30-26(34)19-12-14-31(15-13-19)17-24(32)29-22-9-5-4-8-21(22)25(33)18-6-2-1-3-7-18/h1-11,16,19H,12-15,17H2,(H,29,32)(H,28,30,34). The van der Waals surface area contributed by atoms with Crippen LogP contribution in [-0.2, 0) is 9.59 Å². The fraction of sp³-hybridized carbons (Fsp3) is 0.231. The van der Waals surface area contributed by atoms with E-state index in [2.05, 4.69) is 15.6 Å². The lowest BCUT2D eigenvalue weighted by Crippen LogP contribution is -2.42. The van der Waals surface area contributed by atoms with Gasteiger partial charge in [0.2, 0.25) is 11.8 Å². The van der Waals surface area contributed by atoms with Crippen molar-refractivity contribution in [2.24, 2.45) is 5.92 Å². The van der Waals surface area contributed by atoms with Crippen LogP contribution in [-0.4, -0.2) is 47.1 Å². The summed E-state index contributed by atoms with van der Waals surface area (Å²) < 4.78 is 0. The maximum Gasteiger partial charge on any atom is 0.238 e. The first-order chi connectivity index (χ1) is 16.5. The molecule has 1 aliphatic rings. The molecule has 2 amide bonds. The molecule has 1 aliphatic heterocycles. The van der Waals surface area contributed by atoms with Crippen LogP contribution >= 0.6 is 11.6 Å². The summed E-state index contributed by atoms with van der Waals surface area (Å²) in [6.45, 7) is 1.45. The molecule has 174 valence electrons. The number of likely N-dealkylation sites (tertiary alicyclic amines) is 1. The number of rotatable bonds is 7. The van der Waals surface area contributed by atoms with E-state index in [9.17, 15) is 14.4 Å². The number of hydrogen-bond donors (Lipinski definition) is 2. The highest BCUT2D eigenvalue weighted by atomic mass is 35.5. The smallest absolute Gasteiger partial charge is 0.238 e. The van der Waals surface area contributed by atoms with Gasteiger partial charge in [-0.05, 0) is 50.2 Å². The van der Waals surface area contributed by atoms with E-state index in [0.29, 0.717) is 53.6 Å². The Bertz CT molecular complexity index is 1160. The number of benzene rings is 2. The summed E-state index contributed by atoms with van der Waals surface area (Å²) in [4.78, 5) is 44.2. The van der Waals surface area contributed by atoms with Crippen LogP contribution in [0.25, 0.3) is 0 Å². The number of pyridine rings is 1. The van der Waals surface area contributed by atoms with Gasteiger partial charge in [0.1, 0.15) is 5.82 Å². The van der Waals surface area contributed by atoms with Crippen LogP contribution in [0.15, 0.2) is 72.9 Å². The molecular formula is C26H25ClN4O3. The SMILES string of the molecule is O=C(CN1CCC(C(=O)Nc2ccc(Cl)cn2)CC1)Nc1ccccc1C(=O)c1ccccc1. The van der Waals surface area contributed by atoms with Crippen molar-refractivity contribution >= 4 is 40.7 Å². The Labute approximate surface area is 203 Å². The van der Waals surface area contributed by atoms with E-state index in [0.717, 1.165) is 0 Å². The lowest BCUT2D eigenvalue weighted by atomic mass is 9.96. The van der Waals surface area contributed by atoms with Gasteiger partial charge in [0, 0.05) is 23.2 Å². The summed E-state index contributed by atoms with van der Waals surface area (Å²) in [5.41, 5.74) is 1.51. The predicted molar refractivity (Wildman–Crippen MR) is 132 cm³/mol. The molecule has 1 fully saturated rings. The van der Waals surface area contributed by atoms with Crippen LogP contribution in [0.1, 0.15) is 28.8 Å². The van der Waals surface area contributed by atoms with Crippen LogP contribution in [0.5, 0.6) is 0 Å². The zero-order chi connectivity index (χ0) is 23.9. The number of hydrogen-bond acceptors (Lipinski definition) is 5. The number of nitrogens with zero attached hydrogens (tertiary/aromatic N) is 2. The zero-order valence-corrected chi connectivity index (χ0v) is 19.3. The molecule has 0 unspecified atom stereocenters. The molecule has 4 rings (SSSR count). The van der Waals surface area contributed by atoms with Gasteiger partial charge < -0.3 is 10.6 Å². The number of halogens is 1. The first-order valence-corrected chi connectivity index (χ1v) is 11.5. The Balaban J connectivity index is 1.29. The molecule has 7 nitrogen and oxygen atoms in total. The van der Waals surface area contributed by atoms with Crippen molar-refractivity contribution in [3.05, 3.63) is 89.1 Å². The van der Waals surface area contributed by atoms with Gasteiger partial charge in [-0.1, -0.05) is 54.1 Å². The number of aromatic nitrogens is 1. The van der Waals surface area contributed by atoms with Crippen LogP contribution in [0.4, 0.5) is 11.5 Å². The number of ketones is 1. The van der Waals surface area contributed by atoms with Crippen molar-refractivity contribution in [3.8, 4) is 0 Å². The lowest BCUT2D eigenvalue weighted by molar-refractivity contribution is -0.121. The number of nitrogens with one attached hydrogen (secondary N) is 2. The third-order valence-corrected chi connectivity index (χ3v) is 6.01. The summed E-state index contributed by atoms with van der Waals surface area (Å²) in [7, 11) is 0. The minimum Gasteiger partial charge on any atom is -0.324 e. The summed E-state index contributed by atoms with van der Waals surface area (Å²) in [5, 5.41) is 6.21. The molecule has 2 aromatic carbocycles. The molecule has 34 heavy (non-hydrogen) atoms. The highest BCUT2D eigenvalue weighted by molar-refractivity contribution is 6.30. The highest BCUT2D eigenvalue weighted by Crippen LogP contribution is 2.21. The van der Waals surface area contributed by atoms with Crippen molar-refractivity contribution in [2.75, 3.05) is 30.3 Å². The van der Waals surface area contributed by atoms with Crippen LogP contribution in [0, 0.1) is 5.92 Å². The number of piperidine rings is 1. The summed E-state index contributed by atoms with van der Waals surface area (Å²) in [6, 6.07) is 19.3. The van der Waals surface area contributed by atoms with Gasteiger partial charge in [0.15, 0.2) is 5.78 Å². The molecule has 1 aromatic heterocycles. The van der Waals surface area contributed by atoms with Crippen molar-refractivity contribution in [2.45, 2.75) is 12.8 Å². The van der Waals surface area contributed by atoms with Crippen molar-refractivity contribution < 1.29 is 14.4 Å². The van der Waals surface area contributed by atoms with Gasteiger partial charge in [-0.3, -0.25) is 19.3 Å². The number of anilines is 2. The topological polar surface area (TPSA) is 91.4 Å². The molecule has 8 heteroatoms. The van der Waals surface area contributed by atoms with E-state index in [1.54, 1.807) is 48.5 Å². The molecule has 2 N–H and O–H groups in total. The minimum absolute atomic E-state index is 0.0766. The molecular weight excluding hydrogens is 452 g/mol. The predicted octanol–water partition coefficient (Wildman–Crippen LogP) is 4.26. The number of amides is 2. The van der Waals surface area contributed by atoms with E-state index < -0.39 is 0 Å². The fourth-order valence-corrected chi connectivity index (χ4v) is 4.07. The van der Waals surface area contributed by atoms with Crippen molar-refractivity contribution in [1.29, 1.82) is 0 Å². The first-order valence-electron chi connectivity index (χ1n) is 11.1. The Morgan fingerprint density at radius 2 is 1.62 bits per heavy atom. The fourth-order valence-electron chi connectivity index (χ4n) is 3.96. The van der Waals surface area contributed by atoms with E-state index in [4.69, 9.17) is 11.6 Å². The van der Waals surface area contributed by atoms with Gasteiger partial charge in [0.25, 0.3) is 0 Å². The molecule has 3 aromatic rings. The van der Waals surface area contributed by atoms with E-state index >= 15 is 0 Å². The monoisotopic (exact) mass is 476 g/mol. The molecule has 0 bridgehead atoms. The third kappa shape index (κ3) is 6.07. The Hall–Kier alpha value is -3.55. The van der Waals surface area contributed by atoms with E-state index in [1.807, 2.05) is 23.1 Å². The molecule has 0 saturated carbocycles. The number of carbonyl (C=O) groups excluding carboxylic acids is 3. The quantitative estimate of drug-likeness (QED) is 0.497. The Morgan fingerprint density at radius 3 is 2.32 bits per heavy atom. The number of carbonyl (C=O) groups is 3. The molecule has 1 saturated heterocycles. The average Bonchev–Trinajstić information content (AvgIpc) is 2.86. The summed E-state index contributed by atoms with van der Waals surface area (Å²) in [6.07, 6.45) is 2.79. The lowest BCUT2D eigenvalue weighted by Gasteiger charge is -2.30. The third-order valence-electron chi connectivity index (χ3n) is 5.79. The summed E-state index contributed by atoms with van der Waals surface area (Å²) >= 11 is 5.83. The second kappa shape index (κ2) is 11.0. The molecule has 0 aliphatic carbocycles. The number of para-hydroxylation sites is 1. The van der Waals surface area contributed by atoms with Gasteiger partial charge in [-0.2, -0.15) is 0 Å². The maximum absolute atomic E-state index is 12.9. The second-order valence-electron chi connectivity index (χ2n) is 8.19. The zero-order valence-electron chi connectivity index (χ0n) is 18.5. The highest BCUT2D eigenvalue weighted by Gasteiger charge is 2.26. The van der Waals surface area contributed by atoms with Gasteiger partial charge in [-0.15, -0.1) is 0 Å². The molecule has 2 heterocycles. The van der Waals surface area contributed by atoms with Crippen LogP contribution in [0.3, 0.4) is 0 Å². The molecule has 0 radical (unpaired) electrons. The largest absolute Gasteiger partial charge is 0.324 e. The van der Waals surface area contributed by atoms with Crippen LogP contribution < -0.4 is 10.6 Å². The molecule has 0 atom stereocenters. The molecule has 0 spiro atoms. The van der Waals surface area contributed by atoms with E-state index in [1.165, 1.54) is 6.20 Å². The van der Waals surface area contributed by atoms with Crippen molar-refractivity contribution in [3.63, 3.8) is 0 Å². The maximum atomic E-state index is 12.9. The van der Waals surface area contributed by atoms with Gasteiger partial charge >= 0.3 is 0 Å².